The Morgan fingerprint density at radius 1 is 0.907 bits per heavy atom. The quantitative estimate of drug-likeness (QED) is 0.183. The van der Waals surface area contributed by atoms with Gasteiger partial charge in [-0.15, -0.1) is 0 Å². The van der Waals surface area contributed by atoms with Gasteiger partial charge in [0.15, 0.2) is 12.1 Å². The van der Waals surface area contributed by atoms with Crippen molar-refractivity contribution in [2.45, 2.75) is 64.0 Å². The number of nitrogens with zero attached hydrogens (tertiary/aromatic N) is 1. The van der Waals surface area contributed by atoms with Crippen LogP contribution in [-0.2, 0) is 19.0 Å². The van der Waals surface area contributed by atoms with Gasteiger partial charge in [0.05, 0.1) is 5.69 Å². The van der Waals surface area contributed by atoms with Crippen molar-refractivity contribution < 1.29 is 28.5 Å². The van der Waals surface area contributed by atoms with Gasteiger partial charge < -0.3 is 23.9 Å². The summed E-state index contributed by atoms with van der Waals surface area (Å²) in [5.41, 5.74) is 7.25. The van der Waals surface area contributed by atoms with Crippen LogP contribution in [-0.4, -0.2) is 46.1 Å². The molecule has 2 aliphatic heterocycles. The Balaban J connectivity index is 0.00000118. The lowest BCUT2D eigenvalue weighted by molar-refractivity contribution is -0.209. The monoisotopic (exact) mass is 582 g/mol. The Morgan fingerprint density at radius 2 is 1.47 bits per heavy atom. The van der Waals surface area contributed by atoms with Gasteiger partial charge >= 0.3 is 0 Å². The van der Waals surface area contributed by atoms with Crippen LogP contribution in [0.2, 0.25) is 0 Å². The predicted octanol–water partition coefficient (Wildman–Crippen LogP) is 7.36. The van der Waals surface area contributed by atoms with Crippen molar-refractivity contribution in [2.24, 2.45) is 0 Å². The summed E-state index contributed by atoms with van der Waals surface area (Å²) in [5.74, 6) is -0.956. The lowest BCUT2D eigenvalue weighted by Crippen LogP contribution is -2.33. The molecule has 43 heavy (non-hydrogen) atoms. The van der Waals surface area contributed by atoms with Crippen LogP contribution in [0.5, 0.6) is 0 Å². The molecule has 3 aromatic carbocycles. The molecular weight excluding hydrogens is 547 g/mol. The SMILES string of the molecule is CC(C)c1c(-c2ccccc2)c(-c2ccccc2)c(-c2ccc(F)cc2)n1/C=C/[C@H]1OC2OC(C)(C)OC2[C@H]1O.N=C=O. The number of hydrogen-bond acceptors (Lipinski definition) is 6. The summed E-state index contributed by atoms with van der Waals surface area (Å²) in [5, 5.41) is 16.5. The third kappa shape index (κ3) is 6.15. The Kier molecular flexibility index (Phi) is 8.87. The minimum absolute atomic E-state index is 0.137. The molecular formula is C35H35FN2O5. The van der Waals surface area contributed by atoms with Gasteiger partial charge in [0.2, 0.25) is 6.08 Å². The maximum atomic E-state index is 14.1. The number of benzene rings is 3. The molecule has 0 saturated carbocycles. The highest BCUT2D eigenvalue weighted by molar-refractivity contribution is 5.97. The molecule has 6 rings (SSSR count). The van der Waals surface area contributed by atoms with Gasteiger partial charge in [0.25, 0.3) is 0 Å². The number of carbonyl (C=O) groups excluding carboxylic acids is 1. The van der Waals surface area contributed by atoms with Crippen molar-refractivity contribution in [3.05, 3.63) is 103 Å². The number of fused-ring (bicyclic) bond motifs is 1. The molecule has 222 valence electrons. The molecule has 2 aliphatic rings. The van der Waals surface area contributed by atoms with Crippen LogP contribution in [0.3, 0.4) is 0 Å². The van der Waals surface area contributed by atoms with E-state index >= 15 is 0 Å². The van der Waals surface area contributed by atoms with Crippen LogP contribution in [0.4, 0.5) is 4.39 Å². The molecule has 8 heteroatoms. The minimum atomic E-state index is -0.877. The lowest BCUT2D eigenvalue weighted by atomic mass is 9.91. The van der Waals surface area contributed by atoms with E-state index in [0.717, 1.165) is 45.3 Å². The summed E-state index contributed by atoms with van der Waals surface area (Å²) in [6, 6.07) is 27.2. The second-order valence-corrected chi connectivity index (χ2v) is 11.3. The number of hydrogen-bond donors (Lipinski definition) is 2. The molecule has 2 N–H and O–H groups in total. The topological polar surface area (TPSA) is 93.8 Å². The number of aliphatic hydroxyl groups is 1. The molecule has 0 spiro atoms. The minimum Gasteiger partial charge on any atom is -0.387 e. The van der Waals surface area contributed by atoms with Crippen LogP contribution in [0.25, 0.3) is 39.7 Å². The number of ether oxygens (including phenoxy) is 3. The van der Waals surface area contributed by atoms with Gasteiger partial charge in [-0.05, 0) is 66.8 Å². The molecule has 2 unspecified atom stereocenters. The number of isocyanates is 1. The molecule has 0 radical (unpaired) electrons. The van der Waals surface area contributed by atoms with Gasteiger partial charge in [0, 0.05) is 23.0 Å². The molecule has 1 aromatic heterocycles. The van der Waals surface area contributed by atoms with E-state index in [9.17, 15) is 9.50 Å². The van der Waals surface area contributed by atoms with Gasteiger partial charge in [-0.3, -0.25) is 0 Å². The number of halogens is 1. The van der Waals surface area contributed by atoms with E-state index in [-0.39, 0.29) is 11.7 Å². The smallest absolute Gasteiger partial charge is 0.231 e. The van der Waals surface area contributed by atoms with Crippen molar-refractivity contribution in [1.82, 2.24) is 4.57 Å². The van der Waals surface area contributed by atoms with E-state index in [0.29, 0.717) is 0 Å². The van der Waals surface area contributed by atoms with E-state index < -0.39 is 30.4 Å². The maximum absolute atomic E-state index is 14.1. The predicted molar refractivity (Wildman–Crippen MR) is 163 cm³/mol. The second-order valence-electron chi connectivity index (χ2n) is 11.3. The number of rotatable bonds is 6. The third-order valence-corrected chi connectivity index (χ3v) is 7.51. The van der Waals surface area contributed by atoms with E-state index in [1.165, 1.54) is 12.1 Å². The summed E-state index contributed by atoms with van der Waals surface area (Å²) < 4.78 is 34.1. The van der Waals surface area contributed by atoms with Crippen LogP contribution in [0.15, 0.2) is 91.0 Å². The summed E-state index contributed by atoms with van der Waals surface area (Å²) in [7, 11) is 0. The first kappa shape index (κ1) is 30.3. The zero-order valence-electron chi connectivity index (χ0n) is 24.5. The van der Waals surface area contributed by atoms with Gasteiger partial charge in [0.1, 0.15) is 24.1 Å². The van der Waals surface area contributed by atoms with E-state index in [4.69, 9.17) is 24.4 Å². The van der Waals surface area contributed by atoms with Gasteiger partial charge in [-0.25, -0.2) is 14.6 Å². The highest BCUT2D eigenvalue weighted by atomic mass is 19.1. The van der Waals surface area contributed by atoms with Crippen molar-refractivity contribution >= 4 is 12.3 Å². The molecule has 0 bridgehead atoms. The fraction of sp³-hybridized carbons (Fsp3) is 0.286. The average molecular weight is 583 g/mol. The van der Waals surface area contributed by atoms with Crippen molar-refractivity contribution in [1.29, 1.82) is 5.41 Å². The first-order valence-electron chi connectivity index (χ1n) is 14.2. The third-order valence-electron chi connectivity index (χ3n) is 7.51. The van der Waals surface area contributed by atoms with E-state index in [2.05, 4.69) is 42.7 Å². The normalized spacial score (nSPS) is 22.3. The summed E-state index contributed by atoms with van der Waals surface area (Å²) in [4.78, 5) is 8.35. The molecule has 0 amide bonds. The van der Waals surface area contributed by atoms with Crippen molar-refractivity contribution in [3.8, 4) is 33.5 Å². The Hall–Kier alpha value is -4.17. The number of aliphatic hydroxyl groups excluding tert-OH is 1. The largest absolute Gasteiger partial charge is 0.387 e. The first-order chi connectivity index (χ1) is 20.6. The van der Waals surface area contributed by atoms with Crippen LogP contribution >= 0.6 is 0 Å². The number of aromatic nitrogens is 1. The molecule has 2 saturated heterocycles. The van der Waals surface area contributed by atoms with Crippen LogP contribution in [0.1, 0.15) is 39.3 Å². The maximum Gasteiger partial charge on any atom is 0.231 e. The van der Waals surface area contributed by atoms with Crippen LogP contribution < -0.4 is 0 Å². The zero-order valence-corrected chi connectivity index (χ0v) is 24.5. The number of nitrogens with one attached hydrogen (secondary N) is 1. The van der Waals surface area contributed by atoms with Crippen molar-refractivity contribution in [3.63, 3.8) is 0 Å². The molecule has 4 atom stereocenters. The fourth-order valence-electron chi connectivity index (χ4n) is 5.85. The highest BCUT2D eigenvalue weighted by Gasteiger charge is 2.53. The summed E-state index contributed by atoms with van der Waals surface area (Å²) in [6.07, 6.45) is 1.89. The molecule has 2 fully saturated rings. The zero-order chi connectivity index (χ0) is 30.7. The lowest BCUT2D eigenvalue weighted by Gasteiger charge is -2.21. The van der Waals surface area contributed by atoms with Crippen LogP contribution in [0, 0.1) is 11.2 Å². The first-order valence-corrected chi connectivity index (χ1v) is 14.2. The second kappa shape index (κ2) is 12.6. The molecule has 7 nitrogen and oxygen atoms in total. The standard InChI is InChI=1S/C34H34FNO4.CHNO/c1-21(2)29-27(22-11-7-5-8-12-22)28(23-13-9-6-10-14-23)30(24-15-17-25(35)18-16-24)36(29)20-19-26-31(37)32-33(38-26)40-34(3,4)39-32;2-1-3/h5-21,26,31-33,37H,1-4H3;2H/b20-19+;/t26-,31+,32?,33?;/m1./s1. The van der Waals surface area contributed by atoms with Gasteiger partial charge in [-0.2, -0.15) is 0 Å². The molecule has 0 aliphatic carbocycles. The molecule has 4 aromatic rings. The average Bonchev–Trinajstić information content (AvgIpc) is 3.59. The summed E-state index contributed by atoms with van der Waals surface area (Å²) in [6.45, 7) is 7.97. The van der Waals surface area contributed by atoms with Crippen molar-refractivity contribution in [2.75, 3.05) is 0 Å². The van der Waals surface area contributed by atoms with E-state index in [1.54, 1.807) is 0 Å². The Labute approximate surface area is 250 Å². The summed E-state index contributed by atoms with van der Waals surface area (Å²) >= 11 is 0. The van der Waals surface area contributed by atoms with E-state index in [1.807, 2.05) is 74.7 Å². The molecule has 3 heterocycles. The Morgan fingerprint density at radius 3 is 2.00 bits per heavy atom. The fourth-order valence-corrected chi connectivity index (χ4v) is 5.85. The highest BCUT2D eigenvalue weighted by Crippen LogP contribution is 2.47. The van der Waals surface area contributed by atoms with Gasteiger partial charge in [-0.1, -0.05) is 74.5 Å². The Bertz CT molecular complexity index is 1610.